The average Bonchev–Trinajstić information content (AvgIpc) is 2.42. The molecule has 0 saturated heterocycles. The maximum Gasteiger partial charge on any atom is 0.254 e. The van der Waals surface area contributed by atoms with Crippen LogP contribution in [0.2, 0.25) is 0 Å². The molecule has 6 heteroatoms. The lowest BCUT2D eigenvalue weighted by molar-refractivity contribution is -0.132. The van der Waals surface area contributed by atoms with Gasteiger partial charge in [0, 0.05) is 13.1 Å². The van der Waals surface area contributed by atoms with Crippen molar-refractivity contribution in [3.63, 3.8) is 0 Å². The number of nitrogen functional groups attached to an aromatic ring is 1. The van der Waals surface area contributed by atoms with Crippen molar-refractivity contribution in [1.82, 2.24) is 10.2 Å². The molecule has 110 valence electrons. The Balaban J connectivity index is 2.80. The third-order valence-corrected chi connectivity index (χ3v) is 3.09. The predicted molar refractivity (Wildman–Crippen MR) is 75.7 cm³/mol. The van der Waals surface area contributed by atoms with Crippen LogP contribution >= 0.6 is 0 Å². The van der Waals surface area contributed by atoms with E-state index in [-0.39, 0.29) is 17.2 Å². The molecule has 0 aliphatic rings. The number of para-hydroxylation sites is 1. The van der Waals surface area contributed by atoms with Crippen LogP contribution in [0.1, 0.15) is 31.1 Å². The van der Waals surface area contributed by atoms with Gasteiger partial charge in [-0.2, -0.15) is 0 Å². The Labute approximate surface area is 117 Å². The quantitative estimate of drug-likeness (QED) is 0.801. The lowest BCUT2D eigenvalue weighted by Crippen LogP contribution is -2.46. The first-order valence-corrected chi connectivity index (χ1v) is 6.55. The Bertz CT molecular complexity index is 501. The van der Waals surface area contributed by atoms with Crippen LogP contribution in [0, 0.1) is 5.82 Å². The molecule has 0 saturated carbocycles. The van der Waals surface area contributed by atoms with Crippen LogP contribution in [-0.2, 0) is 4.79 Å². The van der Waals surface area contributed by atoms with Crippen LogP contribution in [-0.4, -0.2) is 35.8 Å². The second kappa shape index (κ2) is 6.88. The molecule has 0 spiro atoms. The number of nitrogens with two attached hydrogens (primary N) is 1. The van der Waals surface area contributed by atoms with Crippen molar-refractivity contribution >= 4 is 17.5 Å². The summed E-state index contributed by atoms with van der Waals surface area (Å²) >= 11 is 0. The monoisotopic (exact) mass is 281 g/mol. The van der Waals surface area contributed by atoms with E-state index in [1.165, 1.54) is 18.2 Å². The zero-order valence-electron chi connectivity index (χ0n) is 11.9. The maximum absolute atomic E-state index is 13.3. The molecule has 0 fully saturated rings. The number of nitrogens with zero attached hydrogens (tertiary/aromatic N) is 1. The summed E-state index contributed by atoms with van der Waals surface area (Å²) in [6.07, 6.45) is 0. The Morgan fingerprint density at radius 1 is 1.35 bits per heavy atom. The van der Waals surface area contributed by atoms with Crippen molar-refractivity contribution < 1.29 is 14.0 Å². The van der Waals surface area contributed by atoms with E-state index in [4.69, 9.17) is 5.73 Å². The van der Waals surface area contributed by atoms with Crippen molar-refractivity contribution in [1.29, 1.82) is 0 Å². The molecule has 0 aliphatic carbocycles. The SMILES string of the molecule is CCN(CC)C(=O)C(C)NC(=O)c1cccc(F)c1N. The first-order chi connectivity index (χ1) is 9.42. The number of likely N-dealkylation sites (N-methyl/N-ethyl adjacent to an activating group) is 1. The summed E-state index contributed by atoms with van der Waals surface area (Å²) in [5.41, 5.74) is 5.33. The maximum atomic E-state index is 13.3. The molecule has 1 aromatic rings. The fraction of sp³-hybridized carbons (Fsp3) is 0.429. The number of nitrogens with one attached hydrogen (secondary N) is 1. The van der Waals surface area contributed by atoms with Crippen molar-refractivity contribution in [2.45, 2.75) is 26.8 Å². The van der Waals surface area contributed by atoms with Crippen LogP contribution in [0.25, 0.3) is 0 Å². The molecule has 0 radical (unpaired) electrons. The largest absolute Gasteiger partial charge is 0.396 e. The van der Waals surface area contributed by atoms with Gasteiger partial charge in [0.05, 0.1) is 11.3 Å². The standard InChI is InChI=1S/C14H20FN3O2/c1-4-18(5-2)14(20)9(3)17-13(19)10-7-6-8-11(15)12(10)16/h6-9H,4-5,16H2,1-3H3,(H,17,19). The predicted octanol–water partition coefficient (Wildman–Crippen LogP) is 1.39. The van der Waals surface area contributed by atoms with E-state index in [0.29, 0.717) is 13.1 Å². The number of rotatable bonds is 5. The van der Waals surface area contributed by atoms with Gasteiger partial charge in [-0.3, -0.25) is 9.59 Å². The molecular weight excluding hydrogens is 261 g/mol. The number of halogens is 1. The van der Waals surface area contributed by atoms with E-state index in [1.807, 2.05) is 13.8 Å². The molecule has 2 amide bonds. The second-order valence-corrected chi connectivity index (χ2v) is 4.41. The van der Waals surface area contributed by atoms with Crippen LogP contribution in [0.15, 0.2) is 18.2 Å². The van der Waals surface area contributed by atoms with Crippen molar-refractivity contribution in [2.75, 3.05) is 18.8 Å². The highest BCUT2D eigenvalue weighted by molar-refractivity contribution is 6.01. The van der Waals surface area contributed by atoms with Gasteiger partial charge < -0.3 is 16.0 Å². The number of carbonyl (C=O) groups is 2. The lowest BCUT2D eigenvalue weighted by atomic mass is 10.1. The molecule has 3 N–H and O–H groups in total. The zero-order chi connectivity index (χ0) is 15.3. The Morgan fingerprint density at radius 2 is 1.95 bits per heavy atom. The van der Waals surface area contributed by atoms with Gasteiger partial charge in [-0.15, -0.1) is 0 Å². The molecular formula is C14H20FN3O2. The van der Waals surface area contributed by atoms with E-state index in [1.54, 1.807) is 11.8 Å². The molecule has 1 rings (SSSR count). The summed E-state index contributed by atoms with van der Waals surface area (Å²) in [6.45, 7) is 6.45. The normalized spacial score (nSPS) is 11.8. The molecule has 1 aromatic carbocycles. The van der Waals surface area contributed by atoms with Gasteiger partial charge in [0.15, 0.2) is 0 Å². The van der Waals surface area contributed by atoms with E-state index in [0.717, 1.165) is 0 Å². The molecule has 0 heterocycles. The van der Waals surface area contributed by atoms with Gasteiger partial charge >= 0.3 is 0 Å². The highest BCUT2D eigenvalue weighted by Crippen LogP contribution is 2.15. The number of benzene rings is 1. The molecule has 0 aromatic heterocycles. The highest BCUT2D eigenvalue weighted by Gasteiger charge is 2.21. The summed E-state index contributed by atoms with van der Waals surface area (Å²) in [5, 5.41) is 2.54. The topological polar surface area (TPSA) is 75.4 Å². The van der Waals surface area contributed by atoms with E-state index >= 15 is 0 Å². The zero-order valence-corrected chi connectivity index (χ0v) is 11.9. The van der Waals surface area contributed by atoms with Crippen LogP contribution < -0.4 is 11.1 Å². The van der Waals surface area contributed by atoms with Crippen LogP contribution in [0.3, 0.4) is 0 Å². The van der Waals surface area contributed by atoms with Crippen molar-refractivity contribution in [3.8, 4) is 0 Å². The fourth-order valence-electron chi connectivity index (χ4n) is 1.88. The summed E-state index contributed by atoms with van der Waals surface area (Å²) in [6, 6.07) is 3.31. The van der Waals surface area contributed by atoms with Crippen LogP contribution in [0.4, 0.5) is 10.1 Å². The van der Waals surface area contributed by atoms with E-state index < -0.39 is 17.8 Å². The average molecular weight is 281 g/mol. The minimum atomic E-state index is -0.690. The Hall–Kier alpha value is -2.11. The number of hydrogen-bond donors (Lipinski definition) is 2. The summed E-state index contributed by atoms with van der Waals surface area (Å²) < 4.78 is 13.3. The molecule has 20 heavy (non-hydrogen) atoms. The fourth-order valence-corrected chi connectivity index (χ4v) is 1.88. The summed E-state index contributed by atoms with van der Waals surface area (Å²) in [7, 11) is 0. The van der Waals surface area contributed by atoms with Gasteiger partial charge in [-0.05, 0) is 32.9 Å². The van der Waals surface area contributed by atoms with Gasteiger partial charge in [0.25, 0.3) is 5.91 Å². The number of hydrogen-bond acceptors (Lipinski definition) is 3. The highest BCUT2D eigenvalue weighted by atomic mass is 19.1. The number of anilines is 1. The van der Waals surface area contributed by atoms with E-state index in [9.17, 15) is 14.0 Å². The molecule has 1 unspecified atom stereocenters. The van der Waals surface area contributed by atoms with Gasteiger partial charge in [0.2, 0.25) is 5.91 Å². The molecule has 0 bridgehead atoms. The van der Waals surface area contributed by atoms with Gasteiger partial charge in [0.1, 0.15) is 11.9 Å². The molecule has 1 atom stereocenters. The van der Waals surface area contributed by atoms with Gasteiger partial charge in [-0.1, -0.05) is 6.07 Å². The Kier molecular flexibility index (Phi) is 5.49. The van der Waals surface area contributed by atoms with Gasteiger partial charge in [-0.25, -0.2) is 4.39 Å². The van der Waals surface area contributed by atoms with E-state index in [2.05, 4.69) is 5.32 Å². The molecule has 0 aliphatic heterocycles. The lowest BCUT2D eigenvalue weighted by Gasteiger charge is -2.23. The first kappa shape index (κ1) is 15.9. The molecule has 5 nitrogen and oxygen atoms in total. The smallest absolute Gasteiger partial charge is 0.254 e. The third kappa shape index (κ3) is 3.46. The minimum Gasteiger partial charge on any atom is -0.396 e. The minimum absolute atomic E-state index is 0.0317. The first-order valence-electron chi connectivity index (χ1n) is 6.55. The summed E-state index contributed by atoms with van der Waals surface area (Å²) in [4.78, 5) is 25.6. The Morgan fingerprint density at radius 3 is 2.50 bits per heavy atom. The van der Waals surface area contributed by atoms with Crippen molar-refractivity contribution in [3.05, 3.63) is 29.6 Å². The van der Waals surface area contributed by atoms with Crippen molar-refractivity contribution in [2.24, 2.45) is 0 Å². The summed E-state index contributed by atoms with van der Waals surface area (Å²) in [5.74, 6) is -1.39. The third-order valence-electron chi connectivity index (χ3n) is 3.09. The number of amides is 2. The number of carbonyl (C=O) groups excluding carboxylic acids is 2. The van der Waals surface area contributed by atoms with Crippen LogP contribution in [0.5, 0.6) is 0 Å². The second-order valence-electron chi connectivity index (χ2n) is 4.41.